The van der Waals surface area contributed by atoms with E-state index in [0.29, 0.717) is 17.1 Å². The summed E-state index contributed by atoms with van der Waals surface area (Å²) in [7, 11) is 1.79. The minimum Gasteiger partial charge on any atom is -0.501 e. The predicted molar refractivity (Wildman–Crippen MR) is 87.2 cm³/mol. The zero-order valence-corrected chi connectivity index (χ0v) is 14.2. The SMILES string of the molecule is COC1=CC2=CC[C@H]3[C@@H](CC[C@]4(C)C(=O)CC[C@H]34)[C@@]2(C)CC1. The van der Waals surface area contributed by atoms with Gasteiger partial charge in [0, 0.05) is 18.3 Å². The van der Waals surface area contributed by atoms with Gasteiger partial charge in [0.05, 0.1) is 12.9 Å². The zero-order chi connectivity index (χ0) is 15.5. The third-order valence-corrected chi connectivity index (χ3v) is 7.70. The van der Waals surface area contributed by atoms with Crippen LogP contribution in [0.2, 0.25) is 0 Å². The molecule has 0 heterocycles. The number of hydrogen-bond donors (Lipinski definition) is 0. The molecule has 0 N–H and O–H groups in total. The Kier molecular flexibility index (Phi) is 3.12. The van der Waals surface area contributed by atoms with Gasteiger partial charge in [-0.1, -0.05) is 19.9 Å². The lowest BCUT2D eigenvalue weighted by atomic mass is 9.49. The summed E-state index contributed by atoms with van der Waals surface area (Å²) in [6.07, 6.45) is 12.5. The second kappa shape index (κ2) is 4.72. The molecule has 0 aromatic rings. The maximum Gasteiger partial charge on any atom is 0.139 e. The molecule has 0 saturated heterocycles. The van der Waals surface area contributed by atoms with Crippen LogP contribution in [-0.2, 0) is 9.53 Å². The van der Waals surface area contributed by atoms with Crippen molar-refractivity contribution in [3.63, 3.8) is 0 Å². The normalized spacial score (nSPS) is 47.0. The van der Waals surface area contributed by atoms with Crippen molar-refractivity contribution in [3.05, 3.63) is 23.5 Å². The predicted octanol–water partition coefficient (Wildman–Crippen LogP) is 4.66. The van der Waals surface area contributed by atoms with Gasteiger partial charge in [0.15, 0.2) is 0 Å². The number of carbonyl (C=O) groups excluding carboxylic acids is 1. The quantitative estimate of drug-likeness (QED) is 0.704. The fourth-order valence-electron chi connectivity index (χ4n) is 6.23. The van der Waals surface area contributed by atoms with Crippen LogP contribution in [0.15, 0.2) is 23.5 Å². The molecule has 4 aliphatic rings. The molecule has 4 rings (SSSR count). The molecule has 0 radical (unpaired) electrons. The standard InChI is InChI=1S/C20H28O2/c1-19-10-8-14(22-3)12-13(19)4-5-15-16-6-7-18(21)20(16,2)11-9-17(15)19/h4,12,15-17H,5-11H2,1-3H3/t15-,16-,17-,19+,20+/m1/s1. The third kappa shape index (κ3) is 1.76. The first-order valence-corrected chi connectivity index (χ1v) is 8.97. The van der Waals surface area contributed by atoms with Gasteiger partial charge in [0.2, 0.25) is 0 Å². The van der Waals surface area contributed by atoms with Crippen molar-refractivity contribution < 1.29 is 9.53 Å². The molecule has 0 aromatic carbocycles. The molecule has 4 aliphatic carbocycles. The van der Waals surface area contributed by atoms with Crippen molar-refractivity contribution in [1.82, 2.24) is 0 Å². The van der Waals surface area contributed by atoms with Gasteiger partial charge in [0.1, 0.15) is 5.78 Å². The monoisotopic (exact) mass is 300 g/mol. The second-order valence-corrected chi connectivity index (χ2v) is 8.42. The van der Waals surface area contributed by atoms with Gasteiger partial charge >= 0.3 is 0 Å². The minimum atomic E-state index is -0.00886. The lowest BCUT2D eigenvalue weighted by Crippen LogP contribution is -2.49. The Hall–Kier alpha value is -1.05. The van der Waals surface area contributed by atoms with Gasteiger partial charge < -0.3 is 4.74 Å². The summed E-state index contributed by atoms with van der Waals surface area (Å²) in [6, 6.07) is 0. The van der Waals surface area contributed by atoms with Crippen molar-refractivity contribution in [3.8, 4) is 0 Å². The zero-order valence-electron chi connectivity index (χ0n) is 14.2. The molecule has 0 bridgehead atoms. The molecule has 120 valence electrons. The maximum atomic E-state index is 12.4. The average Bonchev–Trinajstić information content (AvgIpc) is 2.82. The van der Waals surface area contributed by atoms with Crippen molar-refractivity contribution in [2.24, 2.45) is 28.6 Å². The maximum absolute atomic E-state index is 12.4. The van der Waals surface area contributed by atoms with Crippen LogP contribution in [0.5, 0.6) is 0 Å². The Morgan fingerprint density at radius 3 is 2.64 bits per heavy atom. The Balaban J connectivity index is 1.71. The van der Waals surface area contributed by atoms with E-state index in [9.17, 15) is 4.79 Å². The Labute approximate surface area is 134 Å². The number of Topliss-reactive ketones (excluding diaryl/α,β-unsaturated/α-hetero) is 1. The molecule has 0 spiro atoms. The Bertz CT molecular complexity index is 572. The summed E-state index contributed by atoms with van der Waals surface area (Å²) in [4.78, 5) is 12.4. The Morgan fingerprint density at radius 1 is 1.09 bits per heavy atom. The van der Waals surface area contributed by atoms with Gasteiger partial charge in [-0.05, 0) is 66.9 Å². The van der Waals surface area contributed by atoms with Crippen LogP contribution in [0.4, 0.5) is 0 Å². The number of fused-ring (bicyclic) bond motifs is 5. The van der Waals surface area contributed by atoms with E-state index in [2.05, 4.69) is 26.0 Å². The summed E-state index contributed by atoms with van der Waals surface area (Å²) in [6.45, 7) is 4.73. The first-order chi connectivity index (χ1) is 10.5. The van der Waals surface area contributed by atoms with Gasteiger partial charge in [0.25, 0.3) is 0 Å². The Morgan fingerprint density at radius 2 is 1.86 bits per heavy atom. The second-order valence-electron chi connectivity index (χ2n) is 8.42. The number of rotatable bonds is 1. The minimum absolute atomic E-state index is 0.00886. The van der Waals surface area contributed by atoms with Crippen molar-refractivity contribution in [1.29, 1.82) is 0 Å². The van der Waals surface area contributed by atoms with Gasteiger partial charge in [-0.15, -0.1) is 0 Å². The van der Waals surface area contributed by atoms with E-state index in [1.165, 1.54) is 18.4 Å². The average molecular weight is 300 g/mol. The van der Waals surface area contributed by atoms with E-state index in [-0.39, 0.29) is 5.41 Å². The largest absolute Gasteiger partial charge is 0.501 e. The molecule has 0 unspecified atom stereocenters. The smallest absolute Gasteiger partial charge is 0.139 e. The number of hydrogen-bond acceptors (Lipinski definition) is 2. The highest BCUT2D eigenvalue weighted by Crippen LogP contribution is 2.63. The first kappa shape index (κ1) is 14.5. The van der Waals surface area contributed by atoms with Crippen LogP contribution in [0, 0.1) is 28.6 Å². The highest BCUT2D eigenvalue weighted by atomic mass is 16.5. The number of ether oxygens (including phenoxy) is 1. The van der Waals surface area contributed by atoms with Crippen LogP contribution in [0.3, 0.4) is 0 Å². The van der Waals surface area contributed by atoms with Crippen LogP contribution in [0.1, 0.15) is 58.8 Å². The third-order valence-electron chi connectivity index (χ3n) is 7.70. The summed E-state index contributed by atoms with van der Waals surface area (Å²) in [5.41, 5.74) is 1.80. The van der Waals surface area contributed by atoms with Gasteiger partial charge in [-0.25, -0.2) is 0 Å². The fourth-order valence-corrected chi connectivity index (χ4v) is 6.23. The number of methoxy groups -OCH3 is 1. The lowest BCUT2D eigenvalue weighted by molar-refractivity contribution is -0.131. The van der Waals surface area contributed by atoms with Crippen molar-refractivity contribution in [2.75, 3.05) is 7.11 Å². The highest BCUT2D eigenvalue weighted by molar-refractivity contribution is 5.87. The van der Waals surface area contributed by atoms with Crippen LogP contribution in [-0.4, -0.2) is 12.9 Å². The summed E-state index contributed by atoms with van der Waals surface area (Å²) < 4.78 is 5.50. The molecule has 5 atom stereocenters. The number of carbonyl (C=O) groups is 1. The van der Waals surface area contributed by atoms with Crippen LogP contribution < -0.4 is 0 Å². The summed E-state index contributed by atoms with van der Waals surface area (Å²) in [5, 5.41) is 0. The summed E-state index contributed by atoms with van der Waals surface area (Å²) >= 11 is 0. The molecule has 2 nitrogen and oxygen atoms in total. The van der Waals surface area contributed by atoms with Crippen LogP contribution in [0.25, 0.3) is 0 Å². The highest BCUT2D eigenvalue weighted by Gasteiger charge is 2.58. The molecule has 2 heteroatoms. The lowest BCUT2D eigenvalue weighted by Gasteiger charge is -2.55. The van der Waals surface area contributed by atoms with Crippen LogP contribution >= 0.6 is 0 Å². The van der Waals surface area contributed by atoms with E-state index in [0.717, 1.165) is 49.7 Å². The number of allylic oxidation sites excluding steroid dienone is 4. The fraction of sp³-hybridized carbons (Fsp3) is 0.750. The molecule has 0 aromatic heterocycles. The number of ketones is 1. The van der Waals surface area contributed by atoms with Gasteiger partial charge in [-0.2, -0.15) is 0 Å². The molecular formula is C20H28O2. The summed E-state index contributed by atoms with van der Waals surface area (Å²) in [5.74, 6) is 3.78. The molecule has 0 amide bonds. The molecule has 2 fully saturated rings. The molecule has 2 saturated carbocycles. The van der Waals surface area contributed by atoms with E-state index in [1.54, 1.807) is 7.11 Å². The molecular weight excluding hydrogens is 272 g/mol. The molecule has 0 aliphatic heterocycles. The van der Waals surface area contributed by atoms with Crippen molar-refractivity contribution >= 4 is 5.78 Å². The van der Waals surface area contributed by atoms with E-state index < -0.39 is 0 Å². The van der Waals surface area contributed by atoms with E-state index in [4.69, 9.17) is 4.74 Å². The van der Waals surface area contributed by atoms with E-state index in [1.807, 2.05) is 0 Å². The van der Waals surface area contributed by atoms with Gasteiger partial charge in [-0.3, -0.25) is 4.79 Å². The molecule has 22 heavy (non-hydrogen) atoms. The van der Waals surface area contributed by atoms with Crippen molar-refractivity contribution in [2.45, 2.75) is 58.8 Å². The first-order valence-electron chi connectivity index (χ1n) is 8.97. The topological polar surface area (TPSA) is 26.3 Å². The van der Waals surface area contributed by atoms with E-state index >= 15 is 0 Å².